The Labute approximate surface area is 145 Å². The van der Waals surface area contributed by atoms with Gasteiger partial charge < -0.3 is 4.74 Å². The molecule has 0 spiro atoms. The van der Waals surface area contributed by atoms with E-state index in [2.05, 4.69) is 0 Å². The summed E-state index contributed by atoms with van der Waals surface area (Å²) in [6.07, 6.45) is 5.58. The van der Waals surface area contributed by atoms with Crippen molar-refractivity contribution in [3.63, 3.8) is 0 Å². The van der Waals surface area contributed by atoms with Gasteiger partial charge in [0, 0.05) is 0 Å². The zero-order chi connectivity index (χ0) is 17.5. The number of ether oxygens (including phenoxy) is 1. The van der Waals surface area contributed by atoms with Crippen molar-refractivity contribution in [2.45, 2.75) is 26.4 Å². The fourth-order valence-electron chi connectivity index (χ4n) is 1.94. The zero-order valence-corrected chi connectivity index (χ0v) is 14.4. The SMILES string of the molecule is CC[C@@H](C)OC(=O)CN1C(=O)S/C(=C/C=C\c2ccccc2)C1=O. The highest BCUT2D eigenvalue weighted by atomic mass is 32.2. The Kier molecular flexibility index (Phi) is 6.37. The van der Waals surface area contributed by atoms with Crippen LogP contribution in [0.25, 0.3) is 6.08 Å². The van der Waals surface area contributed by atoms with Gasteiger partial charge in [0.25, 0.3) is 11.1 Å². The Morgan fingerprint density at radius 3 is 2.67 bits per heavy atom. The van der Waals surface area contributed by atoms with E-state index in [0.29, 0.717) is 11.3 Å². The number of amides is 2. The summed E-state index contributed by atoms with van der Waals surface area (Å²) in [6.45, 7) is 3.30. The molecule has 1 fully saturated rings. The molecule has 0 radical (unpaired) electrons. The maximum Gasteiger partial charge on any atom is 0.326 e. The number of rotatable bonds is 6. The van der Waals surface area contributed by atoms with Gasteiger partial charge in [0.1, 0.15) is 6.54 Å². The van der Waals surface area contributed by atoms with Crippen LogP contribution in [0.15, 0.2) is 47.4 Å². The second-order valence-corrected chi connectivity index (χ2v) is 6.26. The number of benzene rings is 1. The van der Waals surface area contributed by atoms with Crippen LogP contribution in [0.1, 0.15) is 25.8 Å². The van der Waals surface area contributed by atoms with E-state index in [0.717, 1.165) is 22.2 Å². The molecule has 1 atom stereocenters. The molecule has 24 heavy (non-hydrogen) atoms. The Balaban J connectivity index is 1.99. The van der Waals surface area contributed by atoms with Crippen LogP contribution >= 0.6 is 11.8 Å². The number of hydrogen-bond donors (Lipinski definition) is 0. The van der Waals surface area contributed by atoms with Gasteiger partial charge in [-0.05, 0) is 36.7 Å². The molecule has 126 valence electrons. The Hall–Kier alpha value is -2.34. The highest BCUT2D eigenvalue weighted by Gasteiger charge is 2.36. The minimum atomic E-state index is -0.576. The first kappa shape index (κ1) is 18.0. The Morgan fingerprint density at radius 2 is 2.00 bits per heavy atom. The molecule has 2 amide bonds. The molecule has 1 aliphatic rings. The lowest BCUT2D eigenvalue weighted by Crippen LogP contribution is -2.35. The van der Waals surface area contributed by atoms with Crippen molar-refractivity contribution in [1.82, 2.24) is 4.90 Å². The van der Waals surface area contributed by atoms with Gasteiger partial charge in [-0.25, -0.2) is 0 Å². The van der Waals surface area contributed by atoms with E-state index in [4.69, 9.17) is 4.74 Å². The lowest BCUT2D eigenvalue weighted by molar-refractivity contribution is -0.150. The van der Waals surface area contributed by atoms with Gasteiger partial charge in [-0.15, -0.1) is 0 Å². The first-order chi connectivity index (χ1) is 11.5. The van der Waals surface area contributed by atoms with Gasteiger partial charge in [0.15, 0.2) is 0 Å². The number of nitrogens with zero attached hydrogens (tertiary/aromatic N) is 1. The number of thioether (sulfide) groups is 1. The molecule has 6 heteroatoms. The third-order valence-corrected chi connectivity index (χ3v) is 4.33. The van der Waals surface area contributed by atoms with Gasteiger partial charge in [0.05, 0.1) is 11.0 Å². The summed E-state index contributed by atoms with van der Waals surface area (Å²) in [5.74, 6) is -1.04. The van der Waals surface area contributed by atoms with Crippen LogP contribution in [0, 0.1) is 0 Å². The summed E-state index contributed by atoms with van der Waals surface area (Å²) >= 11 is 0.823. The molecule has 0 saturated carbocycles. The van der Waals surface area contributed by atoms with Gasteiger partial charge in [-0.3, -0.25) is 19.3 Å². The van der Waals surface area contributed by atoms with Crippen molar-refractivity contribution in [3.8, 4) is 0 Å². The van der Waals surface area contributed by atoms with E-state index >= 15 is 0 Å². The normalized spacial score (nSPS) is 17.8. The highest BCUT2D eigenvalue weighted by molar-refractivity contribution is 8.18. The van der Waals surface area contributed by atoms with Crippen LogP contribution in [-0.4, -0.2) is 34.7 Å². The molecular formula is C18H19NO4S. The fraction of sp³-hybridized carbons (Fsp3) is 0.278. The van der Waals surface area contributed by atoms with Gasteiger partial charge in [-0.2, -0.15) is 0 Å². The smallest absolute Gasteiger partial charge is 0.326 e. The van der Waals surface area contributed by atoms with E-state index in [9.17, 15) is 14.4 Å². The number of esters is 1. The van der Waals surface area contributed by atoms with Crippen molar-refractivity contribution in [2.24, 2.45) is 0 Å². The summed E-state index contributed by atoms with van der Waals surface area (Å²) in [5.41, 5.74) is 0.991. The lowest BCUT2D eigenvalue weighted by atomic mass is 10.2. The molecule has 5 nitrogen and oxygen atoms in total. The molecule has 0 N–H and O–H groups in total. The lowest BCUT2D eigenvalue weighted by Gasteiger charge is -2.14. The van der Waals surface area contributed by atoms with Gasteiger partial charge in [-0.1, -0.05) is 49.4 Å². The maximum atomic E-state index is 12.2. The van der Waals surface area contributed by atoms with Crippen molar-refractivity contribution >= 4 is 35.0 Å². The molecule has 0 unspecified atom stereocenters. The standard InChI is InChI=1S/C18H19NO4S/c1-3-13(2)23-16(20)12-19-17(21)15(24-18(19)22)11-7-10-14-8-5-4-6-9-14/h4-11,13H,3,12H2,1-2H3/b10-7-,15-11+/t13-/m1/s1. The van der Waals surface area contributed by atoms with Crippen LogP contribution < -0.4 is 0 Å². The average Bonchev–Trinajstić information content (AvgIpc) is 2.83. The Morgan fingerprint density at radius 1 is 1.29 bits per heavy atom. The van der Waals surface area contributed by atoms with Crippen LogP contribution in [0.2, 0.25) is 0 Å². The number of carbonyl (C=O) groups excluding carboxylic acids is 3. The first-order valence-corrected chi connectivity index (χ1v) is 8.49. The fourth-order valence-corrected chi connectivity index (χ4v) is 2.73. The average molecular weight is 345 g/mol. The quantitative estimate of drug-likeness (QED) is 0.582. The van der Waals surface area contributed by atoms with Crippen LogP contribution in [0.3, 0.4) is 0 Å². The van der Waals surface area contributed by atoms with Gasteiger partial charge >= 0.3 is 5.97 Å². The van der Waals surface area contributed by atoms with E-state index < -0.39 is 17.1 Å². The Bertz CT molecular complexity index is 682. The molecule has 1 aromatic rings. The molecular weight excluding hydrogens is 326 g/mol. The monoisotopic (exact) mass is 345 g/mol. The third kappa shape index (κ3) is 4.83. The van der Waals surface area contributed by atoms with Crippen molar-refractivity contribution in [1.29, 1.82) is 0 Å². The van der Waals surface area contributed by atoms with Crippen molar-refractivity contribution in [2.75, 3.05) is 6.54 Å². The van der Waals surface area contributed by atoms with E-state index in [1.54, 1.807) is 19.1 Å². The minimum absolute atomic E-state index is 0.234. The molecule has 1 heterocycles. The van der Waals surface area contributed by atoms with Crippen LogP contribution in [0.5, 0.6) is 0 Å². The largest absolute Gasteiger partial charge is 0.461 e. The first-order valence-electron chi connectivity index (χ1n) is 7.67. The van der Waals surface area contributed by atoms with Crippen molar-refractivity contribution < 1.29 is 19.1 Å². The van der Waals surface area contributed by atoms with Crippen molar-refractivity contribution in [3.05, 3.63) is 53.0 Å². The second kappa shape index (κ2) is 8.49. The molecule has 0 aromatic heterocycles. The second-order valence-electron chi connectivity index (χ2n) is 5.27. The number of allylic oxidation sites excluding steroid dienone is 2. The van der Waals surface area contributed by atoms with Crippen LogP contribution in [0.4, 0.5) is 4.79 Å². The summed E-state index contributed by atoms with van der Waals surface area (Å²) in [6, 6.07) is 9.61. The predicted molar refractivity (Wildman–Crippen MR) is 94.1 cm³/mol. The molecule has 2 rings (SSSR count). The molecule has 1 aliphatic heterocycles. The minimum Gasteiger partial charge on any atom is -0.461 e. The van der Waals surface area contributed by atoms with E-state index in [1.807, 2.05) is 43.3 Å². The molecule has 1 aromatic carbocycles. The topological polar surface area (TPSA) is 63.7 Å². The third-order valence-electron chi connectivity index (χ3n) is 3.40. The maximum absolute atomic E-state index is 12.2. The number of carbonyl (C=O) groups is 3. The summed E-state index contributed by atoms with van der Waals surface area (Å²) in [4.78, 5) is 37.1. The summed E-state index contributed by atoms with van der Waals surface area (Å²) in [5, 5.41) is -0.458. The van der Waals surface area contributed by atoms with Crippen LogP contribution in [-0.2, 0) is 14.3 Å². The zero-order valence-electron chi connectivity index (χ0n) is 13.6. The number of hydrogen-bond acceptors (Lipinski definition) is 5. The number of imide groups is 1. The van der Waals surface area contributed by atoms with E-state index in [-0.39, 0.29) is 12.6 Å². The molecule has 1 saturated heterocycles. The van der Waals surface area contributed by atoms with Gasteiger partial charge in [0.2, 0.25) is 0 Å². The summed E-state index contributed by atoms with van der Waals surface area (Å²) < 4.78 is 5.10. The van der Waals surface area contributed by atoms with E-state index in [1.165, 1.54) is 0 Å². The summed E-state index contributed by atoms with van der Waals surface area (Å²) in [7, 11) is 0. The molecule has 0 bridgehead atoms. The highest BCUT2D eigenvalue weighted by Crippen LogP contribution is 2.30. The predicted octanol–water partition coefficient (Wildman–Crippen LogP) is 3.62. The molecule has 0 aliphatic carbocycles.